The fourth-order valence-electron chi connectivity index (χ4n) is 2.27. The van der Waals surface area contributed by atoms with Gasteiger partial charge in [-0.25, -0.2) is 0 Å². The van der Waals surface area contributed by atoms with Crippen LogP contribution in [0.15, 0.2) is 24.3 Å². The predicted molar refractivity (Wildman–Crippen MR) is 89.1 cm³/mol. The van der Waals surface area contributed by atoms with Crippen LogP contribution >= 0.6 is 11.8 Å². The van der Waals surface area contributed by atoms with E-state index in [-0.39, 0.29) is 12.5 Å². The van der Waals surface area contributed by atoms with E-state index in [1.54, 1.807) is 7.05 Å². The van der Waals surface area contributed by atoms with E-state index in [0.29, 0.717) is 17.2 Å². The van der Waals surface area contributed by atoms with E-state index in [1.807, 2.05) is 36.0 Å². The van der Waals surface area contributed by atoms with Crippen molar-refractivity contribution in [2.24, 2.45) is 5.41 Å². The lowest BCUT2D eigenvalue weighted by atomic mass is 9.82. The lowest BCUT2D eigenvalue weighted by molar-refractivity contribution is -0.122. The number of rotatable bonds is 5. The maximum absolute atomic E-state index is 11.2. The molecule has 1 atom stereocenters. The Morgan fingerprint density at radius 3 is 3.00 bits per heavy atom. The molecule has 1 aromatic carbocycles. The Labute approximate surface area is 131 Å². The van der Waals surface area contributed by atoms with E-state index in [4.69, 9.17) is 4.74 Å². The fourth-order valence-corrected chi connectivity index (χ4v) is 3.88. The zero-order valence-electron chi connectivity index (χ0n) is 12.9. The average Bonchev–Trinajstić information content (AvgIpc) is 2.47. The van der Waals surface area contributed by atoms with Gasteiger partial charge < -0.3 is 15.4 Å². The molecule has 5 heteroatoms. The van der Waals surface area contributed by atoms with Crippen LogP contribution in [0.2, 0.25) is 0 Å². The van der Waals surface area contributed by atoms with Crippen LogP contribution in [0.4, 0.5) is 5.69 Å². The zero-order valence-corrected chi connectivity index (χ0v) is 13.8. The van der Waals surface area contributed by atoms with E-state index < -0.39 is 0 Å². The molecule has 1 aromatic rings. The summed E-state index contributed by atoms with van der Waals surface area (Å²) in [6.45, 7) is 4.68. The molecule has 21 heavy (non-hydrogen) atoms. The van der Waals surface area contributed by atoms with Crippen molar-refractivity contribution in [2.45, 2.75) is 26.3 Å². The first-order valence-corrected chi connectivity index (χ1v) is 8.44. The minimum atomic E-state index is -0.127. The van der Waals surface area contributed by atoms with Crippen molar-refractivity contribution < 1.29 is 9.53 Å². The molecule has 1 amide bonds. The first kappa shape index (κ1) is 16.0. The lowest BCUT2D eigenvalue weighted by Gasteiger charge is -2.39. The highest BCUT2D eigenvalue weighted by molar-refractivity contribution is 7.99. The van der Waals surface area contributed by atoms with Gasteiger partial charge in [-0.15, -0.1) is 0 Å². The number of ether oxygens (including phenoxy) is 1. The monoisotopic (exact) mass is 308 g/mol. The Morgan fingerprint density at radius 2 is 2.29 bits per heavy atom. The van der Waals surface area contributed by atoms with Gasteiger partial charge in [0.1, 0.15) is 5.75 Å². The third-order valence-electron chi connectivity index (χ3n) is 3.94. The Kier molecular flexibility index (Phi) is 5.39. The van der Waals surface area contributed by atoms with E-state index in [2.05, 4.69) is 24.5 Å². The maximum atomic E-state index is 11.2. The summed E-state index contributed by atoms with van der Waals surface area (Å²) in [6.07, 6.45) is 1.22. The molecule has 1 saturated heterocycles. The Hall–Kier alpha value is -1.36. The van der Waals surface area contributed by atoms with Gasteiger partial charge in [-0.3, -0.25) is 4.79 Å². The van der Waals surface area contributed by atoms with Crippen molar-refractivity contribution in [3.8, 4) is 5.75 Å². The summed E-state index contributed by atoms with van der Waals surface area (Å²) in [4.78, 5) is 11.2. The third kappa shape index (κ3) is 4.56. The first-order valence-electron chi connectivity index (χ1n) is 7.29. The van der Waals surface area contributed by atoms with Crippen molar-refractivity contribution in [2.75, 3.05) is 30.5 Å². The van der Waals surface area contributed by atoms with Crippen molar-refractivity contribution in [1.29, 1.82) is 0 Å². The third-order valence-corrected chi connectivity index (χ3v) is 5.00. The van der Waals surface area contributed by atoms with Crippen molar-refractivity contribution in [3.05, 3.63) is 24.3 Å². The van der Waals surface area contributed by atoms with Crippen LogP contribution < -0.4 is 15.4 Å². The molecule has 2 rings (SSSR count). The number of carbonyl (C=O) groups excluding carboxylic acids is 1. The number of anilines is 1. The van der Waals surface area contributed by atoms with Gasteiger partial charge in [0, 0.05) is 30.6 Å². The lowest BCUT2D eigenvalue weighted by Crippen LogP contribution is -2.41. The van der Waals surface area contributed by atoms with Crippen molar-refractivity contribution in [3.63, 3.8) is 0 Å². The summed E-state index contributed by atoms with van der Waals surface area (Å²) in [6, 6.07) is 8.27. The number of hydrogen-bond acceptors (Lipinski definition) is 4. The Bertz CT molecular complexity index is 491. The highest BCUT2D eigenvalue weighted by Gasteiger charge is 2.32. The summed E-state index contributed by atoms with van der Waals surface area (Å²) in [5.74, 6) is 2.94. The number of likely N-dealkylation sites (N-methyl/N-ethyl adjacent to an activating group) is 1. The highest BCUT2D eigenvalue weighted by Crippen LogP contribution is 2.36. The molecule has 4 nitrogen and oxygen atoms in total. The molecule has 0 saturated carbocycles. The Balaban J connectivity index is 1.98. The number of nitrogens with one attached hydrogen (secondary N) is 2. The number of benzene rings is 1. The molecule has 2 N–H and O–H groups in total. The number of amides is 1. The van der Waals surface area contributed by atoms with Crippen LogP contribution in [0, 0.1) is 5.41 Å². The second-order valence-electron chi connectivity index (χ2n) is 6.00. The minimum Gasteiger partial charge on any atom is -0.484 e. The van der Waals surface area contributed by atoms with Gasteiger partial charge in [0.2, 0.25) is 0 Å². The second-order valence-corrected chi connectivity index (χ2v) is 7.15. The van der Waals surface area contributed by atoms with Crippen LogP contribution in [0.25, 0.3) is 0 Å². The van der Waals surface area contributed by atoms with Gasteiger partial charge >= 0.3 is 0 Å². The largest absolute Gasteiger partial charge is 0.484 e. The molecule has 1 aliphatic rings. The van der Waals surface area contributed by atoms with Crippen LogP contribution in [0.5, 0.6) is 5.75 Å². The van der Waals surface area contributed by atoms with Crippen molar-refractivity contribution in [1.82, 2.24) is 5.32 Å². The van der Waals surface area contributed by atoms with Gasteiger partial charge in [0.05, 0.1) is 0 Å². The van der Waals surface area contributed by atoms with Crippen molar-refractivity contribution >= 4 is 23.4 Å². The molecule has 0 bridgehead atoms. The molecule has 0 aromatic heterocycles. The van der Waals surface area contributed by atoms with E-state index in [9.17, 15) is 4.79 Å². The van der Waals surface area contributed by atoms with Gasteiger partial charge in [-0.2, -0.15) is 11.8 Å². The topological polar surface area (TPSA) is 50.4 Å². The summed E-state index contributed by atoms with van der Waals surface area (Å²) < 4.78 is 5.48. The zero-order chi connectivity index (χ0) is 15.3. The SMILES string of the molecule is CNC(=O)COc1cccc(NC2CSCCC2(C)C)c1. The molecule has 1 unspecified atom stereocenters. The number of hydrogen-bond donors (Lipinski definition) is 2. The smallest absolute Gasteiger partial charge is 0.257 e. The number of carbonyl (C=O) groups is 1. The molecule has 1 heterocycles. The minimum absolute atomic E-state index is 0.0464. The summed E-state index contributed by atoms with van der Waals surface area (Å²) >= 11 is 2.00. The van der Waals surface area contributed by atoms with E-state index in [0.717, 1.165) is 11.4 Å². The first-order chi connectivity index (χ1) is 10.0. The van der Waals surface area contributed by atoms with Crippen LogP contribution in [-0.2, 0) is 4.79 Å². The second kappa shape index (κ2) is 7.07. The summed E-state index contributed by atoms with van der Waals surface area (Å²) in [5, 5.41) is 6.16. The summed E-state index contributed by atoms with van der Waals surface area (Å²) in [7, 11) is 1.60. The van der Waals surface area contributed by atoms with Gasteiger partial charge in [0.15, 0.2) is 6.61 Å². The standard InChI is InChI=1S/C16H24N2O2S/c1-16(2)7-8-21-11-14(16)18-12-5-4-6-13(9-12)20-10-15(19)17-3/h4-6,9,14,18H,7-8,10-11H2,1-3H3,(H,17,19). The molecule has 0 spiro atoms. The highest BCUT2D eigenvalue weighted by atomic mass is 32.2. The molecular formula is C16H24N2O2S. The van der Waals surface area contributed by atoms with Crippen LogP contribution in [-0.4, -0.2) is 37.1 Å². The van der Waals surface area contributed by atoms with Crippen LogP contribution in [0.3, 0.4) is 0 Å². The molecule has 116 valence electrons. The summed E-state index contributed by atoms with van der Waals surface area (Å²) in [5.41, 5.74) is 1.34. The molecule has 0 aliphatic carbocycles. The molecule has 1 aliphatic heterocycles. The fraction of sp³-hybridized carbons (Fsp3) is 0.562. The average molecular weight is 308 g/mol. The number of thioether (sulfide) groups is 1. The van der Waals surface area contributed by atoms with Gasteiger partial charge in [-0.1, -0.05) is 19.9 Å². The quantitative estimate of drug-likeness (QED) is 0.878. The molecule has 0 radical (unpaired) electrons. The Morgan fingerprint density at radius 1 is 1.48 bits per heavy atom. The maximum Gasteiger partial charge on any atom is 0.257 e. The van der Waals surface area contributed by atoms with E-state index in [1.165, 1.54) is 12.2 Å². The van der Waals surface area contributed by atoms with Crippen LogP contribution in [0.1, 0.15) is 20.3 Å². The van der Waals surface area contributed by atoms with Gasteiger partial charge in [0.25, 0.3) is 5.91 Å². The normalized spacial score (nSPS) is 20.6. The molecular weight excluding hydrogens is 284 g/mol. The van der Waals surface area contributed by atoms with E-state index >= 15 is 0 Å². The van der Waals surface area contributed by atoms with Gasteiger partial charge in [-0.05, 0) is 29.7 Å². The predicted octanol–water partition coefficient (Wildman–Crippen LogP) is 2.76. The molecule has 1 fully saturated rings.